The van der Waals surface area contributed by atoms with Gasteiger partial charge >= 0.3 is 0 Å². The number of aliphatic hydroxyl groups excluding tert-OH is 1. The summed E-state index contributed by atoms with van der Waals surface area (Å²) in [5.74, 6) is -0.198. The first-order chi connectivity index (χ1) is 46.5. The monoisotopic (exact) mass is 1340 g/mol. The Kier molecular flexibility index (Phi) is 72.7. The zero-order valence-corrected chi connectivity index (χ0v) is 64.0. The SMILES string of the molecule is CC/C=C\C/C=C\C/C=C\C/C=C\C/C=C\C/C=C\C/C=C\C/C=C\C/C=C\CCCCCCCCCCCCCCCC(=O)NC(COP(=O)([O-])OCC[N+](C)(C)C)C(O)/C=C/CCCCCCCCCCCCCCCCCCCCCCCCCCCCCCCC. The number of carbonyl (C=O) groups is 1. The molecule has 0 aromatic carbocycles. The Labute approximate surface area is 590 Å². The minimum atomic E-state index is -4.61. The fraction of sp³-hybridized carbons (Fsp3) is 0.756. The maximum absolute atomic E-state index is 13.1. The summed E-state index contributed by atoms with van der Waals surface area (Å²) in [6, 6.07) is -0.896. The fourth-order valence-electron chi connectivity index (χ4n) is 11.7. The predicted molar refractivity (Wildman–Crippen MR) is 417 cm³/mol. The molecule has 0 aliphatic heterocycles. The summed E-state index contributed by atoms with van der Waals surface area (Å²) in [7, 11) is 1.26. The Balaban J connectivity index is 4.02. The summed E-state index contributed by atoms with van der Waals surface area (Å²) in [5.41, 5.74) is 0. The number of phosphoric ester groups is 1. The zero-order valence-electron chi connectivity index (χ0n) is 63.1. The van der Waals surface area contributed by atoms with E-state index in [2.05, 4.69) is 129 Å². The number of aliphatic hydroxyl groups is 1. The minimum absolute atomic E-state index is 0.00457. The second-order valence-electron chi connectivity index (χ2n) is 28.4. The number of carbonyl (C=O) groups excluding carboxylic acids is 1. The number of nitrogens with zero attached hydrogens (tertiary/aromatic N) is 1. The van der Waals surface area contributed by atoms with Crippen LogP contribution < -0.4 is 10.2 Å². The van der Waals surface area contributed by atoms with Gasteiger partial charge in [0.2, 0.25) is 5.91 Å². The standard InChI is InChI=1S/C86H155N2O6P/c1-6-8-10-12-14-16-18-20-22-24-26-28-30-32-34-36-38-40-41-42-43-44-45-46-47-48-50-52-54-56-58-60-62-64-66-68-70-72-74-76-78-80-86(90)87-84(83-94-95(91,92)93-82-81-88(3,4)5)85(89)79-77-75-73-71-69-67-65-63-61-59-57-55-53-51-49-39-37-35-33-31-29-27-25-23-21-19-17-15-13-11-9-7-2/h8,10,14,16,20,22,26,28,32,34,38,40,42-43,45-46,48,50,77,79,84-85,89H,6-7,9,11-13,15,17-19,21,23-25,27,29-31,33,35-37,39,41,44,47,49,51-76,78,80-83H2,1-5H3,(H-,87,90,91,92)/b10-8-,16-14-,22-20-,28-26-,34-32-,40-38-,43-42-,46-45-,50-48-,79-77+. The molecule has 0 saturated carbocycles. The Bertz CT molecular complexity index is 1970. The van der Waals surface area contributed by atoms with Crippen molar-refractivity contribution >= 4 is 13.7 Å². The van der Waals surface area contributed by atoms with Gasteiger partial charge in [0.15, 0.2) is 0 Å². The van der Waals surface area contributed by atoms with Crippen molar-refractivity contribution in [2.45, 2.75) is 379 Å². The molecule has 2 N–H and O–H groups in total. The van der Waals surface area contributed by atoms with E-state index in [9.17, 15) is 19.4 Å². The van der Waals surface area contributed by atoms with Crippen LogP contribution in [0.5, 0.6) is 0 Å². The highest BCUT2D eigenvalue weighted by Crippen LogP contribution is 2.38. The first-order valence-corrected chi connectivity index (χ1v) is 41.9. The lowest BCUT2D eigenvalue weighted by molar-refractivity contribution is -0.870. The lowest BCUT2D eigenvalue weighted by atomic mass is 10.0. The number of allylic oxidation sites excluding steroid dienone is 19. The highest BCUT2D eigenvalue weighted by Gasteiger charge is 2.23. The minimum Gasteiger partial charge on any atom is -0.756 e. The second kappa shape index (κ2) is 75.1. The van der Waals surface area contributed by atoms with E-state index in [4.69, 9.17) is 9.05 Å². The van der Waals surface area contributed by atoms with E-state index in [-0.39, 0.29) is 19.1 Å². The van der Waals surface area contributed by atoms with E-state index in [1.807, 2.05) is 27.2 Å². The molecule has 0 radical (unpaired) electrons. The molecule has 550 valence electrons. The number of amides is 1. The van der Waals surface area contributed by atoms with Gasteiger partial charge in [0.25, 0.3) is 7.82 Å². The maximum Gasteiger partial charge on any atom is 0.268 e. The number of quaternary nitrogens is 1. The fourth-order valence-corrected chi connectivity index (χ4v) is 12.5. The largest absolute Gasteiger partial charge is 0.756 e. The number of nitrogens with one attached hydrogen (secondary N) is 1. The first kappa shape index (κ1) is 91.9. The number of rotatable bonds is 74. The van der Waals surface area contributed by atoms with Gasteiger partial charge < -0.3 is 28.8 Å². The van der Waals surface area contributed by atoms with Crippen LogP contribution in [0, 0.1) is 0 Å². The molecule has 0 saturated heterocycles. The number of hydrogen-bond donors (Lipinski definition) is 2. The van der Waals surface area contributed by atoms with Crippen LogP contribution in [0.15, 0.2) is 122 Å². The summed E-state index contributed by atoms with van der Waals surface area (Å²) in [5, 5.41) is 14.0. The van der Waals surface area contributed by atoms with Crippen LogP contribution in [-0.4, -0.2) is 68.5 Å². The van der Waals surface area contributed by atoms with Gasteiger partial charge in [-0.15, -0.1) is 0 Å². The molecule has 0 aliphatic rings. The molecule has 9 heteroatoms. The second-order valence-corrected chi connectivity index (χ2v) is 29.8. The first-order valence-electron chi connectivity index (χ1n) is 40.4. The molecule has 0 rings (SSSR count). The van der Waals surface area contributed by atoms with E-state index in [0.717, 1.165) is 96.3 Å². The number of likely N-dealkylation sites (N-methyl/N-ethyl adjacent to an activating group) is 1. The number of hydrogen-bond acceptors (Lipinski definition) is 6. The molecule has 0 heterocycles. The van der Waals surface area contributed by atoms with Crippen molar-refractivity contribution in [2.75, 3.05) is 40.9 Å². The van der Waals surface area contributed by atoms with E-state index in [0.29, 0.717) is 17.4 Å². The molecule has 3 unspecified atom stereocenters. The van der Waals surface area contributed by atoms with Crippen molar-refractivity contribution in [2.24, 2.45) is 0 Å². The Morgan fingerprint density at radius 2 is 0.642 bits per heavy atom. The summed E-state index contributed by atoms with van der Waals surface area (Å²) in [6.45, 7) is 4.57. The third kappa shape index (κ3) is 78.1. The predicted octanol–water partition coefficient (Wildman–Crippen LogP) is 26.1. The van der Waals surface area contributed by atoms with E-state index in [1.54, 1.807) is 6.08 Å². The van der Waals surface area contributed by atoms with E-state index in [1.165, 1.54) is 250 Å². The quantitative estimate of drug-likeness (QED) is 0.0272. The lowest BCUT2D eigenvalue weighted by Crippen LogP contribution is -2.45. The van der Waals surface area contributed by atoms with Crippen LogP contribution in [0.2, 0.25) is 0 Å². The molecule has 0 bridgehead atoms. The Hall–Kier alpha value is -3.10. The van der Waals surface area contributed by atoms with Crippen LogP contribution in [0.3, 0.4) is 0 Å². The smallest absolute Gasteiger partial charge is 0.268 e. The van der Waals surface area contributed by atoms with Crippen molar-refractivity contribution in [3.8, 4) is 0 Å². The lowest BCUT2D eigenvalue weighted by Gasteiger charge is -2.29. The Morgan fingerprint density at radius 1 is 0.379 bits per heavy atom. The van der Waals surface area contributed by atoms with Crippen molar-refractivity contribution in [1.29, 1.82) is 0 Å². The summed E-state index contributed by atoms with van der Waals surface area (Å²) in [4.78, 5) is 25.7. The molecular formula is C86H155N2O6P. The summed E-state index contributed by atoms with van der Waals surface area (Å²) in [6.07, 6.45) is 112. The molecule has 3 atom stereocenters. The van der Waals surface area contributed by atoms with Gasteiger partial charge in [0.05, 0.1) is 39.9 Å². The van der Waals surface area contributed by atoms with Gasteiger partial charge in [-0.25, -0.2) is 0 Å². The molecule has 0 aliphatic carbocycles. The van der Waals surface area contributed by atoms with E-state index >= 15 is 0 Å². The number of unbranched alkanes of at least 4 members (excludes halogenated alkanes) is 43. The average molecular weight is 1340 g/mol. The highest BCUT2D eigenvalue weighted by molar-refractivity contribution is 7.45. The molecule has 95 heavy (non-hydrogen) atoms. The van der Waals surface area contributed by atoms with E-state index < -0.39 is 20.0 Å². The van der Waals surface area contributed by atoms with Crippen LogP contribution in [0.4, 0.5) is 0 Å². The maximum atomic E-state index is 13.1. The van der Waals surface area contributed by atoms with Gasteiger partial charge in [-0.1, -0.05) is 392 Å². The van der Waals surface area contributed by atoms with Gasteiger partial charge in [-0.05, 0) is 89.9 Å². The van der Waals surface area contributed by atoms with Crippen molar-refractivity contribution in [1.82, 2.24) is 5.32 Å². The molecule has 8 nitrogen and oxygen atoms in total. The van der Waals surface area contributed by atoms with Crippen LogP contribution in [-0.2, 0) is 18.4 Å². The van der Waals surface area contributed by atoms with Crippen LogP contribution >= 0.6 is 7.82 Å². The summed E-state index contributed by atoms with van der Waals surface area (Å²) >= 11 is 0. The molecule has 0 aromatic heterocycles. The zero-order chi connectivity index (χ0) is 69.0. The average Bonchev–Trinajstić information content (AvgIpc) is 2.01. The third-order valence-electron chi connectivity index (χ3n) is 17.9. The molecule has 0 aromatic rings. The van der Waals surface area contributed by atoms with Gasteiger partial charge in [0, 0.05) is 6.42 Å². The number of phosphoric acid groups is 1. The Morgan fingerprint density at radius 3 is 0.937 bits per heavy atom. The van der Waals surface area contributed by atoms with Crippen LogP contribution in [0.25, 0.3) is 0 Å². The van der Waals surface area contributed by atoms with Crippen molar-refractivity contribution < 1.29 is 32.9 Å². The highest BCUT2D eigenvalue weighted by atomic mass is 31.2. The van der Waals surface area contributed by atoms with Crippen LogP contribution in [0.1, 0.15) is 367 Å². The normalized spacial score (nSPS) is 14.1. The van der Waals surface area contributed by atoms with Gasteiger partial charge in [-0.2, -0.15) is 0 Å². The topological polar surface area (TPSA) is 108 Å². The van der Waals surface area contributed by atoms with Crippen molar-refractivity contribution in [3.05, 3.63) is 122 Å². The molecular weight excluding hydrogens is 1190 g/mol. The van der Waals surface area contributed by atoms with Gasteiger partial charge in [-0.3, -0.25) is 9.36 Å². The molecule has 0 spiro atoms. The van der Waals surface area contributed by atoms with Gasteiger partial charge in [0.1, 0.15) is 13.2 Å². The third-order valence-corrected chi connectivity index (χ3v) is 18.9. The molecule has 1 amide bonds. The van der Waals surface area contributed by atoms with Crippen molar-refractivity contribution in [3.63, 3.8) is 0 Å². The molecule has 0 fully saturated rings. The summed E-state index contributed by atoms with van der Waals surface area (Å²) < 4.78 is 23.5.